The van der Waals surface area contributed by atoms with E-state index in [-0.39, 0.29) is 18.9 Å². The molecule has 2 aliphatic heterocycles. The molecule has 0 bridgehead atoms. The lowest BCUT2D eigenvalue weighted by molar-refractivity contribution is -0.359. The van der Waals surface area contributed by atoms with Crippen LogP contribution in [0.15, 0.2) is 134 Å². The molecule has 490 valence electrons. The van der Waals surface area contributed by atoms with Gasteiger partial charge < -0.3 is 65.1 Å². The zero-order chi connectivity index (χ0) is 62.3. The number of ether oxygens (including phenoxy) is 4. The van der Waals surface area contributed by atoms with Gasteiger partial charge in [0.1, 0.15) is 48.8 Å². The van der Waals surface area contributed by atoms with Crippen LogP contribution in [0.3, 0.4) is 0 Å². The van der Waals surface area contributed by atoms with Crippen LogP contribution in [-0.4, -0.2) is 140 Å². The third-order valence-electron chi connectivity index (χ3n) is 15.3. The van der Waals surface area contributed by atoms with Crippen molar-refractivity contribution < 1.29 is 64.6 Å². The molecule has 0 aromatic carbocycles. The van der Waals surface area contributed by atoms with Crippen molar-refractivity contribution in [2.45, 2.75) is 293 Å². The van der Waals surface area contributed by atoms with E-state index in [2.05, 4.69) is 141 Å². The quantitative estimate of drug-likeness (QED) is 0.0204. The Morgan fingerprint density at radius 3 is 1.28 bits per heavy atom. The molecule has 2 fully saturated rings. The largest absolute Gasteiger partial charge is 0.394 e. The minimum atomic E-state index is -1.81. The fourth-order valence-corrected chi connectivity index (χ4v) is 9.99. The van der Waals surface area contributed by atoms with Gasteiger partial charge in [-0.05, 0) is 109 Å². The van der Waals surface area contributed by atoms with E-state index in [9.17, 15) is 45.6 Å². The molecule has 0 radical (unpaired) electrons. The van der Waals surface area contributed by atoms with E-state index in [0.717, 1.165) is 89.9 Å². The monoisotopic (exact) mass is 1210 g/mol. The van der Waals surface area contributed by atoms with Gasteiger partial charge in [-0.3, -0.25) is 4.79 Å². The number of unbranched alkanes of at least 4 members (excludes halogenated alkanes) is 19. The van der Waals surface area contributed by atoms with Crippen LogP contribution in [0.4, 0.5) is 0 Å². The molecule has 12 unspecified atom stereocenters. The second kappa shape index (κ2) is 55.2. The summed E-state index contributed by atoms with van der Waals surface area (Å²) in [5, 5.41) is 87.3. The lowest BCUT2D eigenvalue weighted by atomic mass is 9.97. The molecule has 2 saturated heterocycles. The van der Waals surface area contributed by atoms with Crippen LogP contribution in [0, 0.1) is 0 Å². The summed E-state index contributed by atoms with van der Waals surface area (Å²) in [7, 11) is 0. The van der Waals surface area contributed by atoms with Crippen molar-refractivity contribution in [3.63, 3.8) is 0 Å². The molecule has 0 saturated carbocycles. The summed E-state index contributed by atoms with van der Waals surface area (Å²) in [6.45, 7) is 2.63. The first-order valence-corrected chi connectivity index (χ1v) is 33.4. The molecule has 2 heterocycles. The highest BCUT2D eigenvalue weighted by molar-refractivity contribution is 5.76. The van der Waals surface area contributed by atoms with Crippen molar-refractivity contribution in [3.8, 4) is 0 Å². The lowest BCUT2D eigenvalue weighted by Crippen LogP contribution is -2.65. The van der Waals surface area contributed by atoms with E-state index < -0.39 is 86.8 Å². The molecule has 86 heavy (non-hydrogen) atoms. The lowest BCUT2D eigenvalue weighted by Gasteiger charge is -2.46. The Bertz CT molecular complexity index is 1950. The summed E-state index contributed by atoms with van der Waals surface area (Å²) in [5.41, 5.74) is 0. The molecule has 14 nitrogen and oxygen atoms in total. The van der Waals surface area contributed by atoms with Crippen molar-refractivity contribution in [2.75, 3.05) is 19.8 Å². The summed E-state index contributed by atoms with van der Waals surface area (Å²) < 4.78 is 22.8. The number of allylic oxidation sites excluding steroid dienone is 21. The maximum Gasteiger partial charge on any atom is 0.220 e. The van der Waals surface area contributed by atoms with Gasteiger partial charge in [0.25, 0.3) is 0 Å². The zero-order valence-electron chi connectivity index (χ0n) is 53.0. The van der Waals surface area contributed by atoms with Crippen molar-refractivity contribution in [3.05, 3.63) is 134 Å². The first kappa shape index (κ1) is 78.2. The highest BCUT2D eigenvalue weighted by atomic mass is 16.7. The standard InChI is InChI=1S/C72H119NO13/c1-3-5-7-9-11-13-15-17-19-21-23-25-27-29-30-32-34-36-38-40-42-44-46-48-50-52-54-56-64(77)73-60(59-83-71-69(82)67(80)70(63(58-75)85-71)86-72-68(81)66(79)65(78)62(57-74)84-72)61(76)55-53-51-49-47-45-43-41-39-37-35-33-31-28-26-24-22-20-18-16-14-12-10-8-6-4-2/h5,7,11,13,17,19,23,25,29-30,34,36-37,39-40,42,45-48,53,55,60-63,65-72,74-76,78-82H,3-4,6,8-10,12,14-16,18,20-22,24,26-28,31-33,35,38,41,43-44,49-52,54,56-59H2,1-2H3,(H,73,77)/b7-5-,13-11-,19-17-,25-23-,30-29-,36-34-,39-37+,42-40-,47-45+,48-46-,55-53+. The fraction of sp³-hybridized carbons (Fsp3) is 0.681. The molecule has 0 spiro atoms. The van der Waals surface area contributed by atoms with Crippen molar-refractivity contribution in [1.82, 2.24) is 5.32 Å². The topological polar surface area (TPSA) is 228 Å². The van der Waals surface area contributed by atoms with E-state index in [4.69, 9.17) is 18.9 Å². The smallest absolute Gasteiger partial charge is 0.220 e. The van der Waals surface area contributed by atoms with E-state index in [1.807, 2.05) is 6.08 Å². The average molecular weight is 1210 g/mol. The Kier molecular flexibility index (Phi) is 50.2. The van der Waals surface area contributed by atoms with Crippen LogP contribution in [0.2, 0.25) is 0 Å². The van der Waals surface area contributed by atoms with Crippen molar-refractivity contribution in [2.24, 2.45) is 0 Å². The Morgan fingerprint density at radius 2 is 0.814 bits per heavy atom. The Balaban J connectivity index is 1.78. The highest BCUT2D eigenvalue weighted by Crippen LogP contribution is 2.30. The van der Waals surface area contributed by atoms with E-state index in [1.165, 1.54) is 96.3 Å². The van der Waals surface area contributed by atoms with Gasteiger partial charge in [0.15, 0.2) is 12.6 Å². The molecule has 12 atom stereocenters. The normalized spacial score (nSPS) is 24.3. The molecule has 0 aromatic rings. The molecule has 1 amide bonds. The molecule has 0 aliphatic carbocycles. The van der Waals surface area contributed by atoms with Crippen molar-refractivity contribution >= 4 is 5.91 Å². The van der Waals surface area contributed by atoms with E-state index in [1.54, 1.807) is 6.08 Å². The zero-order valence-corrected chi connectivity index (χ0v) is 53.0. The number of aliphatic hydroxyl groups is 8. The Labute approximate surface area is 520 Å². The maximum absolute atomic E-state index is 13.3. The Morgan fingerprint density at radius 1 is 0.430 bits per heavy atom. The fourth-order valence-electron chi connectivity index (χ4n) is 9.99. The summed E-state index contributed by atoms with van der Waals surface area (Å²) in [5.74, 6) is -0.300. The van der Waals surface area contributed by atoms with Gasteiger partial charge in [0.05, 0.1) is 32.0 Å². The summed E-state index contributed by atoms with van der Waals surface area (Å²) in [4.78, 5) is 13.3. The highest BCUT2D eigenvalue weighted by Gasteiger charge is 2.51. The second-order valence-electron chi connectivity index (χ2n) is 22.8. The van der Waals surface area contributed by atoms with Crippen LogP contribution in [0.1, 0.15) is 219 Å². The third-order valence-corrected chi connectivity index (χ3v) is 15.3. The summed E-state index contributed by atoms with van der Waals surface area (Å²) >= 11 is 0. The van der Waals surface area contributed by atoms with Crippen LogP contribution in [0.25, 0.3) is 0 Å². The second-order valence-corrected chi connectivity index (χ2v) is 22.8. The molecule has 2 rings (SSSR count). The average Bonchev–Trinajstić information content (AvgIpc) is 2.53. The number of nitrogens with one attached hydrogen (secondary N) is 1. The van der Waals surface area contributed by atoms with E-state index in [0.29, 0.717) is 12.8 Å². The van der Waals surface area contributed by atoms with Gasteiger partial charge in [0, 0.05) is 6.42 Å². The summed E-state index contributed by atoms with van der Waals surface area (Å²) in [6, 6.07) is -0.973. The summed E-state index contributed by atoms with van der Waals surface area (Å²) in [6.07, 6.45) is 65.0. The van der Waals surface area contributed by atoms with Gasteiger partial charge >= 0.3 is 0 Å². The first-order valence-electron chi connectivity index (χ1n) is 33.4. The van der Waals surface area contributed by atoms with Crippen LogP contribution in [0.5, 0.6) is 0 Å². The van der Waals surface area contributed by atoms with Crippen LogP contribution in [-0.2, 0) is 23.7 Å². The van der Waals surface area contributed by atoms with Gasteiger partial charge in [-0.2, -0.15) is 0 Å². The van der Waals surface area contributed by atoms with Crippen molar-refractivity contribution in [1.29, 1.82) is 0 Å². The maximum atomic E-state index is 13.3. The minimum Gasteiger partial charge on any atom is -0.394 e. The van der Waals surface area contributed by atoms with E-state index >= 15 is 0 Å². The minimum absolute atomic E-state index is 0.205. The predicted molar refractivity (Wildman–Crippen MR) is 350 cm³/mol. The van der Waals surface area contributed by atoms with Gasteiger partial charge in [-0.1, -0.05) is 237 Å². The molecule has 14 heteroatoms. The number of amides is 1. The van der Waals surface area contributed by atoms with Gasteiger partial charge in [-0.25, -0.2) is 0 Å². The van der Waals surface area contributed by atoms with Gasteiger partial charge in [-0.15, -0.1) is 0 Å². The number of aliphatic hydroxyl groups excluding tert-OH is 8. The van der Waals surface area contributed by atoms with Crippen LogP contribution >= 0.6 is 0 Å². The Hall–Kier alpha value is -3.87. The number of hydrogen-bond donors (Lipinski definition) is 9. The van der Waals surface area contributed by atoms with Gasteiger partial charge in [0.2, 0.25) is 5.91 Å². The number of carbonyl (C=O) groups excluding carboxylic acids is 1. The number of rotatable bonds is 52. The number of hydrogen-bond acceptors (Lipinski definition) is 13. The molecule has 9 N–H and O–H groups in total. The number of carbonyl (C=O) groups is 1. The molecular formula is C72H119NO13. The SMILES string of the molecule is CC/C=C\C/C=C\C/C=C\C/C=C\C/C=C\C/C=C\C/C=C\C/C=C\CCCCC(=O)NC(COC1OC(CO)C(OC2OC(CO)C(O)C(O)C2O)C(O)C1O)C(O)/C=C/CC/C=C/CC/C=C/CCCCCCCCCCCCCCCCC. The van der Waals surface area contributed by atoms with Crippen LogP contribution < -0.4 is 5.32 Å². The first-order chi connectivity index (χ1) is 42.1. The molecule has 0 aromatic heterocycles. The molecular weight excluding hydrogens is 1090 g/mol. The predicted octanol–water partition coefficient (Wildman–Crippen LogP) is 13.1. The third kappa shape index (κ3) is 39.2. The molecule has 2 aliphatic rings.